The minimum absolute atomic E-state index is 0.0236. The van der Waals surface area contributed by atoms with Gasteiger partial charge in [0.05, 0.1) is 26.9 Å². The highest BCUT2D eigenvalue weighted by molar-refractivity contribution is 7.89. The Balaban J connectivity index is 1.52. The number of nitrogens with zero attached hydrogens (tertiary/aromatic N) is 4. The van der Waals surface area contributed by atoms with E-state index in [1.54, 1.807) is 6.07 Å². The van der Waals surface area contributed by atoms with Crippen molar-refractivity contribution in [1.82, 2.24) is 19.5 Å². The van der Waals surface area contributed by atoms with Crippen LogP contribution < -0.4 is 10.3 Å². The largest absolute Gasteiger partial charge is 0.270 e. The number of non-ortho nitro benzene ring substituents is 1. The average Bonchev–Trinajstić information content (AvgIpc) is 3.22. The molecule has 0 atom stereocenters. The Morgan fingerprint density at radius 1 is 1.09 bits per heavy atom. The number of nitro benzene ring substituents is 1. The van der Waals surface area contributed by atoms with Gasteiger partial charge in [0, 0.05) is 30.3 Å². The van der Waals surface area contributed by atoms with E-state index in [9.17, 15) is 23.3 Å². The van der Waals surface area contributed by atoms with E-state index in [1.807, 2.05) is 37.3 Å². The van der Waals surface area contributed by atoms with Gasteiger partial charge in [0.25, 0.3) is 11.2 Å². The van der Waals surface area contributed by atoms with Crippen molar-refractivity contribution in [1.29, 1.82) is 0 Å². The van der Waals surface area contributed by atoms with Gasteiger partial charge in [-0.15, -0.1) is 11.3 Å². The number of sulfonamides is 1. The number of hydrogen-bond donors (Lipinski definition) is 1. The Kier molecular flexibility index (Phi) is 6.63. The fourth-order valence-corrected chi connectivity index (χ4v) is 5.30. The van der Waals surface area contributed by atoms with Crippen molar-refractivity contribution >= 4 is 27.0 Å². The van der Waals surface area contributed by atoms with Gasteiger partial charge >= 0.3 is 0 Å². The van der Waals surface area contributed by atoms with Gasteiger partial charge in [-0.1, -0.05) is 36.4 Å². The molecule has 0 amide bonds. The van der Waals surface area contributed by atoms with Crippen LogP contribution in [-0.2, 0) is 16.6 Å². The molecule has 10 nitrogen and oxygen atoms in total. The van der Waals surface area contributed by atoms with Crippen molar-refractivity contribution in [3.63, 3.8) is 0 Å². The fourth-order valence-electron chi connectivity index (χ4n) is 3.20. The molecule has 0 aliphatic heterocycles. The third-order valence-corrected chi connectivity index (χ3v) is 7.56. The average molecular weight is 498 g/mol. The summed E-state index contributed by atoms with van der Waals surface area (Å²) in [6.45, 7) is 1.71. The molecule has 0 fully saturated rings. The minimum Gasteiger partial charge on any atom is -0.268 e. The lowest BCUT2D eigenvalue weighted by Crippen LogP contribution is -2.32. The van der Waals surface area contributed by atoms with Gasteiger partial charge in [0.15, 0.2) is 0 Å². The van der Waals surface area contributed by atoms with E-state index < -0.39 is 14.9 Å². The molecule has 2 heterocycles. The number of hydrogen-bond acceptors (Lipinski definition) is 8. The maximum atomic E-state index is 12.5. The van der Waals surface area contributed by atoms with Crippen LogP contribution in [0.3, 0.4) is 0 Å². The van der Waals surface area contributed by atoms with Crippen LogP contribution in [0, 0.1) is 17.0 Å². The van der Waals surface area contributed by atoms with E-state index in [0.29, 0.717) is 5.69 Å². The highest BCUT2D eigenvalue weighted by atomic mass is 32.2. The van der Waals surface area contributed by atoms with Crippen molar-refractivity contribution in [3.05, 3.63) is 92.9 Å². The summed E-state index contributed by atoms with van der Waals surface area (Å²) in [6.07, 6.45) is 0. The van der Waals surface area contributed by atoms with Crippen LogP contribution in [0.25, 0.3) is 21.1 Å². The lowest BCUT2D eigenvalue weighted by atomic mass is 10.2. The van der Waals surface area contributed by atoms with Gasteiger partial charge in [0.1, 0.15) is 10.7 Å². The van der Waals surface area contributed by atoms with E-state index in [0.717, 1.165) is 27.2 Å². The Labute approximate surface area is 198 Å². The van der Waals surface area contributed by atoms with Crippen LogP contribution in [0.5, 0.6) is 0 Å². The first-order valence-electron chi connectivity index (χ1n) is 10.1. The molecule has 0 saturated carbocycles. The predicted molar refractivity (Wildman–Crippen MR) is 128 cm³/mol. The quantitative estimate of drug-likeness (QED) is 0.291. The monoisotopic (exact) mass is 497 g/mol. The number of rotatable bonds is 8. The third kappa shape index (κ3) is 5.09. The SMILES string of the molecule is Cc1nc(-c2ccccc2)sc1-c1ccc(=O)n(CCNS(=O)(=O)c2cccc([N+](=O)[O-])c2)n1. The van der Waals surface area contributed by atoms with E-state index in [1.165, 1.54) is 40.3 Å². The van der Waals surface area contributed by atoms with Crippen LogP contribution in [0.4, 0.5) is 5.69 Å². The van der Waals surface area contributed by atoms with Gasteiger partial charge in [-0.05, 0) is 19.1 Å². The third-order valence-electron chi connectivity index (χ3n) is 4.87. The second-order valence-corrected chi connectivity index (χ2v) is 10.00. The van der Waals surface area contributed by atoms with Crippen molar-refractivity contribution in [2.75, 3.05) is 6.54 Å². The molecule has 2 aromatic carbocycles. The summed E-state index contributed by atoms with van der Waals surface area (Å²) in [5, 5.41) is 16.1. The molecule has 2 aromatic heterocycles. The topological polar surface area (TPSA) is 137 Å². The second kappa shape index (κ2) is 9.63. The highest BCUT2D eigenvalue weighted by Crippen LogP contribution is 2.33. The molecule has 4 aromatic rings. The summed E-state index contributed by atoms with van der Waals surface area (Å²) in [5.74, 6) is 0. The smallest absolute Gasteiger partial charge is 0.268 e. The van der Waals surface area contributed by atoms with Crippen molar-refractivity contribution in [2.24, 2.45) is 0 Å². The molecule has 0 spiro atoms. The molecule has 0 aliphatic carbocycles. The standard InChI is InChI=1S/C22H19N5O5S2/c1-15-21(33-22(24-15)16-6-3-2-4-7-16)19-10-11-20(28)26(25-19)13-12-23-34(31,32)18-9-5-8-17(14-18)27(29)30/h2-11,14,23H,12-13H2,1H3. The van der Waals surface area contributed by atoms with Crippen LogP contribution in [-0.4, -0.2) is 34.7 Å². The van der Waals surface area contributed by atoms with E-state index in [4.69, 9.17) is 0 Å². The highest BCUT2D eigenvalue weighted by Gasteiger charge is 2.18. The second-order valence-electron chi connectivity index (χ2n) is 7.23. The predicted octanol–water partition coefficient (Wildman–Crippen LogP) is 3.23. The zero-order chi connectivity index (χ0) is 24.3. The number of aromatic nitrogens is 3. The van der Waals surface area contributed by atoms with Crippen LogP contribution in [0.2, 0.25) is 0 Å². The van der Waals surface area contributed by atoms with Crippen LogP contribution >= 0.6 is 11.3 Å². The molecular formula is C22H19N5O5S2. The zero-order valence-corrected chi connectivity index (χ0v) is 19.5. The van der Waals surface area contributed by atoms with Gasteiger partial charge in [0.2, 0.25) is 10.0 Å². The molecule has 1 N–H and O–H groups in total. The summed E-state index contributed by atoms with van der Waals surface area (Å²) >= 11 is 1.45. The number of nitrogens with one attached hydrogen (secondary N) is 1. The molecule has 0 aliphatic rings. The minimum atomic E-state index is -4.00. The first kappa shape index (κ1) is 23.4. The zero-order valence-electron chi connectivity index (χ0n) is 17.9. The maximum absolute atomic E-state index is 12.5. The van der Waals surface area contributed by atoms with Crippen LogP contribution in [0.15, 0.2) is 76.4 Å². The molecule has 0 saturated heterocycles. The fraction of sp³-hybridized carbons (Fsp3) is 0.136. The lowest BCUT2D eigenvalue weighted by Gasteiger charge is -2.09. The summed E-state index contributed by atoms with van der Waals surface area (Å²) < 4.78 is 28.5. The molecule has 0 unspecified atom stereocenters. The molecule has 174 valence electrons. The molecule has 0 bridgehead atoms. The normalized spacial score (nSPS) is 11.4. The molecule has 34 heavy (non-hydrogen) atoms. The summed E-state index contributed by atoms with van der Waals surface area (Å²) in [5.41, 5.74) is 1.59. The molecule has 12 heteroatoms. The molecule has 4 rings (SSSR count). The van der Waals surface area contributed by atoms with Gasteiger partial charge in [-0.25, -0.2) is 22.8 Å². The Hall–Kier alpha value is -3.74. The Morgan fingerprint density at radius 2 is 1.85 bits per heavy atom. The molecule has 0 radical (unpaired) electrons. The van der Waals surface area contributed by atoms with Gasteiger partial charge < -0.3 is 0 Å². The van der Waals surface area contributed by atoms with Gasteiger partial charge in [-0.2, -0.15) is 5.10 Å². The molecular weight excluding hydrogens is 478 g/mol. The number of aryl methyl sites for hydroxylation is 1. The van der Waals surface area contributed by atoms with Crippen LogP contribution in [0.1, 0.15) is 5.69 Å². The number of nitro groups is 1. The Morgan fingerprint density at radius 3 is 2.59 bits per heavy atom. The number of thiazole rings is 1. The van der Waals surface area contributed by atoms with Crippen molar-refractivity contribution in [3.8, 4) is 21.1 Å². The Bertz CT molecular complexity index is 1510. The van der Waals surface area contributed by atoms with E-state index in [-0.39, 0.29) is 29.2 Å². The van der Waals surface area contributed by atoms with Crippen molar-refractivity contribution < 1.29 is 13.3 Å². The van der Waals surface area contributed by atoms with Gasteiger partial charge in [-0.3, -0.25) is 14.9 Å². The number of benzene rings is 2. The maximum Gasteiger partial charge on any atom is 0.270 e. The first-order valence-corrected chi connectivity index (χ1v) is 12.4. The van der Waals surface area contributed by atoms with E-state index in [2.05, 4.69) is 14.8 Å². The summed E-state index contributed by atoms with van der Waals surface area (Å²) in [7, 11) is -4.00. The summed E-state index contributed by atoms with van der Waals surface area (Å²) in [6, 6.07) is 17.4. The van der Waals surface area contributed by atoms with Crippen molar-refractivity contribution in [2.45, 2.75) is 18.4 Å². The van der Waals surface area contributed by atoms with E-state index >= 15 is 0 Å². The lowest BCUT2D eigenvalue weighted by molar-refractivity contribution is -0.385. The summed E-state index contributed by atoms with van der Waals surface area (Å²) in [4.78, 5) is 27.7. The first-order chi connectivity index (χ1) is 16.2.